The van der Waals surface area contributed by atoms with Gasteiger partial charge in [0.05, 0.1) is 21.2 Å². The summed E-state index contributed by atoms with van der Waals surface area (Å²) in [6.07, 6.45) is 0. The number of benzene rings is 1. The number of carbonyl (C=O) groups excluding carboxylic acids is 1. The molecule has 2 aromatic rings. The highest BCUT2D eigenvalue weighted by Gasteiger charge is 2.22. The van der Waals surface area contributed by atoms with Gasteiger partial charge in [0.2, 0.25) is 5.78 Å². The minimum atomic E-state index is -0.0875. The zero-order valence-corrected chi connectivity index (χ0v) is 11.0. The number of nitrogens with one attached hydrogen (secondary N) is 1. The van der Waals surface area contributed by atoms with Crippen molar-refractivity contribution in [2.24, 2.45) is 0 Å². The topological polar surface area (TPSA) is 38.3 Å². The summed E-state index contributed by atoms with van der Waals surface area (Å²) in [5.74, 6) is 0.536. The number of hydrogen-bond acceptors (Lipinski definition) is 4. The molecule has 3 nitrogen and oxygen atoms in total. The maximum absolute atomic E-state index is 12.4. The van der Waals surface area contributed by atoms with Crippen molar-refractivity contribution < 1.29 is 9.53 Å². The Hall–Kier alpha value is -1.52. The van der Waals surface area contributed by atoms with Crippen LogP contribution in [0.3, 0.4) is 0 Å². The van der Waals surface area contributed by atoms with E-state index < -0.39 is 0 Å². The predicted octanol–water partition coefficient (Wildman–Crippen LogP) is 3.44. The molecule has 1 aliphatic rings. The van der Waals surface area contributed by atoms with Crippen molar-refractivity contribution in [3.05, 3.63) is 45.1 Å². The van der Waals surface area contributed by atoms with Gasteiger partial charge in [0, 0.05) is 6.54 Å². The van der Waals surface area contributed by atoms with Crippen molar-refractivity contribution in [2.75, 3.05) is 18.5 Å². The van der Waals surface area contributed by atoms with Crippen LogP contribution < -0.4 is 10.1 Å². The summed E-state index contributed by atoms with van der Waals surface area (Å²) in [5.41, 5.74) is 1.42. The molecule has 1 N–H and O–H groups in total. The molecule has 0 bridgehead atoms. The second-order valence-corrected chi connectivity index (χ2v) is 5.21. The lowest BCUT2D eigenvalue weighted by atomic mass is 10.1. The number of anilines is 1. The Labute approximate surface area is 113 Å². The number of rotatable bonds is 2. The van der Waals surface area contributed by atoms with E-state index in [9.17, 15) is 4.79 Å². The lowest BCUT2D eigenvalue weighted by Crippen LogP contribution is -2.20. The molecule has 0 aliphatic carbocycles. The van der Waals surface area contributed by atoms with Crippen LogP contribution >= 0.6 is 22.9 Å². The first kappa shape index (κ1) is 11.6. The number of thiophene rings is 1. The molecule has 1 aromatic heterocycles. The fourth-order valence-corrected chi connectivity index (χ4v) is 3.02. The van der Waals surface area contributed by atoms with Gasteiger partial charge in [-0.2, -0.15) is 0 Å². The van der Waals surface area contributed by atoms with Crippen molar-refractivity contribution in [2.45, 2.75) is 0 Å². The fourth-order valence-electron chi connectivity index (χ4n) is 1.93. The summed E-state index contributed by atoms with van der Waals surface area (Å²) in [4.78, 5) is 13.0. The monoisotopic (exact) mass is 279 g/mol. The molecule has 0 saturated carbocycles. The van der Waals surface area contributed by atoms with Gasteiger partial charge in [0.25, 0.3) is 0 Å². The number of fused-ring (bicyclic) bond motifs is 1. The van der Waals surface area contributed by atoms with Crippen LogP contribution in [0.4, 0.5) is 5.69 Å². The van der Waals surface area contributed by atoms with E-state index >= 15 is 0 Å². The molecule has 1 aromatic carbocycles. The van der Waals surface area contributed by atoms with Crippen LogP contribution in [0.25, 0.3) is 0 Å². The van der Waals surface area contributed by atoms with Gasteiger partial charge in [-0.25, -0.2) is 0 Å². The van der Waals surface area contributed by atoms with Gasteiger partial charge in [0.1, 0.15) is 6.61 Å². The first-order valence-corrected chi connectivity index (χ1v) is 6.80. The molecule has 0 fully saturated rings. The van der Waals surface area contributed by atoms with E-state index in [1.165, 1.54) is 11.3 Å². The number of halogens is 1. The van der Waals surface area contributed by atoms with Crippen LogP contribution in [0.15, 0.2) is 29.6 Å². The molecule has 18 heavy (non-hydrogen) atoms. The SMILES string of the molecule is O=C(c1cccc2c1OCCN2)c1sccc1Cl. The zero-order valence-electron chi connectivity index (χ0n) is 9.40. The highest BCUT2D eigenvalue weighted by Crippen LogP contribution is 2.34. The third kappa shape index (κ3) is 1.87. The molecule has 92 valence electrons. The van der Waals surface area contributed by atoms with E-state index in [0.29, 0.717) is 27.8 Å². The molecular weight excluding hydrogens is 270 g/mol. The molecule has 5 heteroatoms. The van der Waals surface area contributed by atoms with Crippen LogP contribution in [-0.4, -0.2) is 18.9 Å². The predicted molar refractivity (Wildman–Crippen MR) is 73.2 cm³/mol. The fraction of sp³-hybridized carbons (Fsp3) is 0.154. The summed E-state index contributed by atoms with van der Waals surface area (Å²) in [6, 6.07) is 7.24. The summed E-state index contributed by atoms with van der Waals surface area (Å²) in [6.45, 7) is 1.32. The van der Waals surface area contributed by atoms with E-state index in [1.54, 1.807) is 12.1 Å². The first-order chi connectivity index (χ1) is 8.77. The molecule has 3 rings (SSSR count). The van der Waals surface area contributed by atoms with Gasteiger partial charge >= 0.3 is 0 Å². The van der Waals surface area contributed by atoms with Crippen LogP contribution in [0.2, 0.25) is 5.02 Å². The number of ketones is 1. The van der Waals surface area contributed by atoms with Crippen LogP contribution in [0.1, 0.15) is 15.2 Å². The van der Waals surface area contributed by atoms with Crippen molar-refractivity contribution in [3.8, 4) is 5.75 Å². The highest BCUT2D eigenvalue weighted by molar-refractivity contribution is 7.13. The molecule has 0 radical (unpaired) electrons. The quantitative estimate of drug-likeness (QED) is 0.856. The van der Waals surface area contributed by atoms with Gasteiger partial charge in [-0.3, -0.25) is 4.79 Å². The highest BCUT2D eigenvalue weighted by atomic mass is 35.5. The average Bonchev–Trinajstić information content (AvgIpc) is 2.83. The van der Waals surface area contributed by atoms with Crippen LogP contribution in [-0.2, 0) is 0 Å². The minimum Gasteiger partial charge on any atom is -0.489 e. The van der Waals surface area contributed by atoms with Gasteiger partial charge in [0.15, 0.2) is 5.75 Å². The lowest BCUT2D eigenvalue weighted by Gasteiger charge is -2.21. The number of hydrogen-bond donors (Lipinski definition) is 1. The standard InChI is InChI=1S/C13H10ClNO2S/c14-9-4-7-18-13(9)11(16)8-2-1-3-10-12(8)17-6-5-15-10/h1-4,7,15H,5-6H2. The lowest BCUT2D eigenvalue weighted by molar-refractivity contribution is 0.103. The molecule has 0 unspecified atom stereocenters. The normalized spacial score (nSPS) is 13.4. The van der Waals surface area contributed by atoms with Gasteiger partial charge < -0.3 is 10.1 Å². The van der Waals surface area contributed by atoms with E-state index in [4.69, 9.17) is 16.3 Å². The Balaban J connectivity index is 2.07. The van der Waals surface area contributed by atoms with E-state index in [2.05, 4.69) is 5.32 Å². The molecule has 0 atom stereocenters. The second kappa shape index (κ2) is 4.63. The Kier molecular flexibility index (Phi) is 2.97. The van der Waals surface area contributed by atoms with Crippen molar-refractivity contribution >= 4 is 34.4 Å². The van der Waals surface area contributed by atoms with Crippen molar-refractivity contribution in [1.29, 1.82) is 0 Å². The Bertz CT molecular complexity index is 609. The molecule has 0 amide bonds. The Morgan fingerprint density at radius 1 is 1.39 bits per heavy atom. The molecule has 0 saturated heterocycles. The number of ether oxygens (including phenoxy) is 1. The smallest absolute Gasteiger partial charge is 0.208 e. The second-order valence-electron chi connectivity index (χ2n) is 3.88. The zero-order chi connectivity index (χ0) is 12.5. The molecule has 2 heterocycles. The van der Waals surface area contributed by atoms with E-state index in [-0.39, 0.29) is 5.78 Å². The molecule has 1 aliphatic heterocycles. The van der Waals surface area contributed by atoms with Crippen molar-refractivity contribution in [1.82, 2.24) is 0 Å². The first-order valence-electron chi connectivity index (χ1n) is 5.55. The minimum absolute atomic E-state index is 0.0875. The summed E-state index contributed by atoms with van der Waals surface area (Å²) < 4.78 is 5.59. The maximum Gasteiger partial charge on any atom is 0.208 e. The van der Waals surface area contributed by atoms with Gasteiger partial charge in [-0.1, -0.05) is 17.7 Å². The molecule has 0 spiro atoms. The van der Waals surface area contributed by atoms with Crippen LogP contribution in [0.5, 0.6) is 5.75 Å². The number of carbonyl (C=O) groups is 1. The summed E-state index contributed by atoms with van der Waals surface area (Å²) in [5, 5.41) is 5.51. The Morgan fingerprint density at radius 2 is 2.28 bits per heavy atom. The summed E-state index contributed by atoms with van der Waals surface area (Å²) in [7, 11) is 0. The third-order valence-electron chi connectivity index (χ3n) is 2.75. The Morgan fingerprint density at radius 3 is 3.06 bits per heavy atom. The van der Waals surface area contributed by atoms with E-state index in [1.807, 2.05) is 17.5 Å². The van der Waals surface area contributed by atoms with Gasteiger partial charge in [-0.05, 0) is 23.6 Å². The number of para-hydroxylation sites is 1. The van der Waals surface area contributed by atoms with Crippen molar-refractivity contribution in [3.63, 3.8) is 0 Å². The molecular formula is C13H10ClNO2S. The maximum atomic E-state index is 12.4. The average molecular weight is 280 g/mol. The van der Waals surface area contributed by atoms with E-state index in [0.717, 1.165) is 12.2 Å². The summed E-state index contributed by atoms with van der Waals surface area (Å²) >= 11 is 7.35. The van der Waals surface area contributed by atoms with Gasteiger partial charge in [-0.15, -0.1) is 11.3 Å². The van der Waals surface area contributed by atoms with Crippen LogP contribution in [0, 0.1) is 0 Å². The third-order valence-corrected chi connectivity index (χ3v) is 4.09. The largest absolute Gasteiger partial charge is 0.489 e.